The summed E-state index contributed by atoms with van der Waals surface area (Å²) < 4.78 is 5.96. The van der Waals surface area contributed by atoms with E-state index in [2.05, 4.69) is 20.6 Å². The van der Waals surface area contributed by atoms with Crippen LogP contribution in [0.25, 0.3) is 0 Å². The lowest BCUT2D eigenvalue weighted by atomic mass is 10.3. The first-order valence-electron chi connectivity index (χ1n) is 8.04. The molecule has 3 aromatic rings. The van der Waals surface area contributed by atoms with Crippen LogP contribution < -0.4 is 15.4 Å². The van der Waals surface area contributed by atoms with Gasteiger partial charge in [-0.05, 0) is 37.1 Å². The van der Waals surface area contributed by atoms with Crippen molar-refractivity contribution in [1.29, 1.82) is 0 Å². The molecule has 1 heterocycles. The third kappa shape index (κ3) is 3.63. The average Bonchev–Trinajstić information content (AvgIpc) is 3.42. The Morgan fingerprint density at radius 1 is 0.875 bits per heavy atom. The molecule has 4 rings (SSSR count). The first-order valence-corrected chi connectivity index (χ1v) is 8.04. The molecule has 1 aliphatic carbocycles. The van der Waals surface area contributed by atoms with Crippen LogP contribution in [0.15, 0.2) is 67.0 Å². The molecule has 1 aliphatic rings. The summed E-state index contributed by atoms with van der Waals surface area (Å²) in [6, 6.07) is 20.0. The van der Waals surface area contributed by atoms with Gasteiger partial charge in [0.25, 0.3) is 0 Å². The van der Waals surface area contributed by atoms with Crippen molar-refractivity contribution in [1.82, 2.24) is 9.97 Å². The fraction of sp³-hybridized carbons (Fsp3) is 0.158. The zero-order chi connectivity index (χ0) is 16.2. The lowest BCUT2D eigenvalue weighted by Crippen LogP contribution is -2.04. The van der Waals surface area contributed by atoms with Gasteiger partial charge in [-0.3, -0.25) is 0 Å². The van der Waals surface area contributed by atoms with Crippen molar-refractivity contribution < 1.29 is 4.74 Å². The van der Waals surface area contributed by atoms with Gasteiger partial charge < -0.3 is 15.4 Å². The molecule has 5 nitrogen and oxygen atoms in total. The van der Waals surface area contributed by atoms with Crippen LogP contribution in [0.3, 0.4) is 0 Å². The van der Waals surface area contributed by atoms with Gasteiger partial charge in [0.1, 0.15) is 23.7 Å². The molecule has 2 N–H and O–H groups in total. The summed E-state index contributed by atoms with van der Waals surface area (Å²) in [5, 5.41) is 6.68. The van der Waals surface area contributed by atoms with E-state index in [1.807, 2.05) is 60.7 Å². The van der Waals surface area contributed by atoms with Crippen molar-refractivity contribution in [2.24, 2.45) is 0 Å². The number of rotatable bonds is 6. The number of nitrogens with one attached hydrogen (secondary N) is 2. The molecule has 5 heteroatoms. The Labute approximate surface area is 140 Å². The topological polar surface area (TPSA) is 59.1 Å². The Balaban J connectivity index is 1.54. The van der Waals surface area contributed by atoms with Crippen molar-refractivity contribution in [3.63, 3.8) is 0 Å². The van der Waals surface area contributed by atoms with Crippen molar-refractivity contribution in [3.8, 4) is 11.5 Å². The van der Waals surface area contributed by atoms with E-state index < -0.39 is 0 Å². The zero-order valence-electron chi connectivity index (χ0n) is 13.1. The molecule has 0 saturated heterocycles. The molecule has 0 unspecified atom stereocenters. The molecular weight excluding hydrogens is 300 g/mol. The summed E-state index contributed by atoms with van der Waals surface area (Å²) in [5.41, 5.74) is 0.859. The Kier molecular flexibility index (Phi) is 3.98. The zero-order valence-corrected chi connectivity index (χ0v) is 13.1. The number of hydrogen-bond acceptors (Lipinski definition) is 5. The molecule has 0 amide bonds. The lowest BCUT2D eigenvalue weighted by molar-refractivity contribution is 0.485. The van der Waals surface area contributed by atoms with E-state index in [1.165, 1.54) is 12.8 Å². The highest BCUT2D eigenvalue weighted by atomic mass is 16.5. The van der Waals surface area contributed by atoms with Gasteiger partial charge in [0.15, 0.2) is 5.75 Å². The smallest absolute Gasteiger partial charge is 0.150 e. The second-order valence-electron chi connectivity index (χ2n) is 5.74. The number of nitrogens with zero attached hydrogens (tertiary/aromatic N) is 2. The third-order valence-electron chi connectivity index (χ3n) is 3.72. The summed E-state index contributed by atoms with van der Waals surface area (Å²) in [6.07, 6.45) is 3.98. The maximum absolute atomic E-state index is 5.96. The predicted octanol–water partition coefficient (Wildman–Crippen LogP) is 4.59. The van der Waals surface area contributed by atoms with E-state index in [1.54, 1.807) is 6.33 Å². The van der Waals surface area contributed by atoms with Gasteiger partial charge in [-0.1, -0.05) is 30.3 Å². The normalized spacial score (nSPS) is 13.3. The Morgan fingerprint density at radius 3 is 2.46 bits per heavy atom. The Morgan fingerprint density at radius 2 is 1.62 bits per heavy atom. The molecular formula is C19H18N4O. The van der Waals surface area contributed by atoms with Crippen LogP contribution in [0.4, 0.5) is 17.3 Å². The number of anilines is 3. The fourth-order valence-corrected chi connectivity index (χ4v) is 2.35. The number of aromatic nitrogens is 2. The first-order chi connectivity index (χ1) is 11.9. The van der Waals surface area contributed by atoms with Gasteiger partial charge in [0.2, 0.25) is 0 Å². The van der Waals surface area contributed by atoms with Gasteiger partial charge in [-0.15, -0.1) is 0 Å². The third-order valence-corrected chi connectivity index (χ3v) is 3.72. The maximum Gasteiger partial charge on any atom is 0.150 e. The van der Waals surface area contributed by atoms with Crippen molar-refractivity contribution in [2.75, 3.05) is 10.6 Å². The summed E-state index contributed by atoms with van der Waals surface area (Å²) >= 11 is 0. The molecule has 0 aliphatic heterocycles. The highest BCUT2D eigenvalue weighted by Gasteiger charge is 2.21. The quantitative estimate of drug-likeness (QED) is 0.696. The van der Waals surface area contributed by atoms with Crippen molar-refractivity contribution >= 4 is 17.3 Å². The van der Waals surface area contributed by atoms with Crippen LogP contribution in [0.1, 0.15) is 12.8 Å². The molecule has 0 bridgehead atoms. The molecule has 1 fully saturated rings. The molecule has 120 valence electrons. The largest absolute Gasteiger partial charge is 0.455 e. The highest BCUT2D eigenvalue weighted by Crippen LogP contribution is 2.31. The minimum Gasteiger partial charge on any atom is -0.455 e. The van der Waals surface area contributed by atoms with Gasteiger partial charge in [-0.25, -0.2) is 9.97 Å². The Hall–Kier alpha value is -3.08. The monoisotopic (exact) mass is 318 g/mol. The van der Waals surface area contributed by atoms with E-state index in [0.29, 0.717) is 6.04 Å². The average molecular weight is 318 g/mol. The van der Waals surface area contributed by atoms with Crippen LogP contribution in [0.5, 0.6) is 11.5 Å². The number of para-hydroxylation sites is 3. The first kappa shape index (κ1) is 14.5. The number of hydrogen-bond donors (Lipinski definition) is 2. The molecule has 1 saturated carbocycles. The van der Waals surface area contributed by atoms with Crippen molar-refractivity contribution in [2.45, 2.75) is 18.9 Å². The highest BCUT2D eigenvalue weighted by molar-refractivity contribution is 5.66. The number of benzene rings is 2. The Bertz CT molecular complexity index is 818. The van der Waals surface area contributed by atoms with Gasteiger partial charge in [0, 0.05) is 12.1 Å². The van der Waals surface area contributed by atoms with E-state index in [9.17, 15) is 0 Å². The molecule has 0 atom stereocenters. The van der Waals surface area contributed by atoms with Crippen molar-refractivity contribution in [3.05, 3.63) is 67.0 Å². The van der Waals surface area contributed by atoms with E-state index >= 15 is 0 Å². The maximum atomic E-state index is 5.96. The van der Waals surface area contributed by atoms with Crippen LogP contribution >= 0.6 is 0 Å². The van der Waals surface area contributed by atoms with Gasteiger partial charge >= 0.3 is 0 Å². The predicted molar refractivity (Wildman–Crippen MR) is 94.9 cm³/mol. The lowest BCUT2D eigenvalue weighted by Gasteiger charge is -2.13. The van der Waals surface area contributed by atoms with Crippen LogP contribution in [-0.2, 0) is 0 Å². The molecule has 24 heavy (non-hydrogen) atoms. The summed E-state index contributed by atoms with van der Waals surface area (Å²) in [4.78, 5) is 8.55. The SMILES string of the molecule is c1ccc(Oc2ccccc2Nc2cc(NC3CC3)ncn2)cc1. The second-order valence-corrected chi connectivity index (χ2v) is 5.74. The van der Waals surface area contributed by atoms with E-state index in [4.69, 9.17) is 4.74 Å². The second kappa shape index (κ2) is 6.58. The molecule has 0 radical (unpaired) electrons. The standard InChI is InChI=1S/C19H18N4O/c1-2-6-15(7-3-1)24-17-9-5-4-8-16(17)23-19-12-18(20-13-21-19)22-14-10-11-14/h1-9,12-14H,10-11H2,(H2,20,21,22,23). The molecule has 0 spiro atoms. The van der Waals surface area contributed by atoms with E-state index in [-0.39, 0.29) is 0 Å². The molecule has 1 aromatic heterocycles. The minimum atomic E-state index is 0.557. The summed E-state index contributed by atoms with van der Waals surface area (Å²) in [5.74, 6) is 3.12. The van der Waals surface area contributed by atoms with Crippen LogP contribution in [0.2, 0.25) is 0 Å². The fourth-order valence-electron chi connectivity index (χ4n) is 2.35. The van der Waals surface area contributed by atoms with Crippen LogP contribution in [-0.4, -0.2) is 16.0 Å². The number of ether oxygens (including phenoxy) is 1. The molecule has 2 aromatic carbocycles. The van der Waals surface area contributed by atoms with Gasteiger partial charge in [-0.2, -0.15) is 0 Å². The van der Waals surface area contributed by atoms with Crippen LogP contribution in [0, 0.1) is 0 Å². The van der Waals surface area contributed by atoms with Gasteiger partial charge in [0.05, 0.1) is 5.69 Å². The van der Waals surface area contributed by atoms with E-state index in [0.717, 1.165) is 28.8 Å². The minimum absolute atomic E-state index is 0.557. The summed E-state index contributed by atoms with van der Waals surface area (Å²) in [6.45, 7) is 0. The summed E-state index contributed by atoms with van der Waals surface area (Å²) in [7, 11) is 0.